The normalized spacial score (nSPS) is 16.3. The van der Waals surface area contributed by atoms with Crippen molar-refractivity contribution in [2.24, 2.45) is 0 Å². The molecular formula is C27H36N4O2SSi. The minimum Gasteiger partial charge on any atom is -0.414 e. The van der Waals surface area contributed by atoms with E-state index in [-0.39, 0.29) is 11.1 Å². The average molecular weight is 509 g/mol. The Kier molecular flexibility index (Phi) is 7.44. The Balaban J connectivity index is 1.65. The Morgan fingerprint density at radius 2 is 2.00 bits per heavy atom. The zero-order chi connectivity index (χ0) is 25.4. The molecule has 0 unspecified atom stereocenters. The Labute approximate surface area is 214 Å². The highest BCUT2D eigenvalue weighted by Gasteiger charge is 2.37. The zero-order valence-electron chi connectivity index (χ0n) is 21.9. The van der Waals surface area contributed by atoms with Gasteiger partial charge in [-0.1, -0.05) is 26.8 Å². The number of benzene rings is 1. The van der Waals surface area contributed by atoms with Crippen LogP contribution in [0.25, 0.3) is 16.9 Å². The number of nitrogens with zero attached hydrogens (tertiary/aromatic N) is 4. The van der Waals surface area contributed by atoms with Crippen LogP contribution in [0.15, 0.2) is 29.3 Å². The quantitative estimate of drug-likeness (QED) is 0.152. The van der Waals surface area contributed by atoms with Crippen molar-refractivity contribution < 1.29 is 9.16 Å². The summed E-state index contributed by atoms with van der Waals surface area (Å²) >= 11 is 1.66. The molecule has 0 fully saturated rings. The lowest BCUT2D eigenvalue weighted by Crippen LogP contribution is -2.41. The molecule has 1 atom stereocenters. The van der Waals surface area contributed by atoms with Gasteiger partial charge in [0, 0.05) is 16.6 Å². The molecule has 0 spiro atoms. The summed E-state index contributed by atoms with van der Waals surface area (Å²) in [6.07, 6.45) is 4.98. The molecule has 1 aliphatic rings. The molecule has 0 aliphatic heterocycles. The Bertz CT molecular complexity index is 1270. The van der Waals surface area contributed by atoms with Crippen molar-refractivity contribution in [2.75, 3.05) is 19.5 Å². The van der Waals surface area contributed by atoms with Crippen LogP contribution in [-0.4, -0.2) is 42.3 Å². The number of ether oxygens (including phenoxy) is 1. The first-order chi connectivity index (χ1) is 16.6. The lowest BCUT2D eigenvalue weighted by atomic mass is 9.95. The molecule has 2 aromatic heterocycles. The topological polar surface area (TPSA) is 73.0 Å². The summed E-state index contributed by atoms with van der Waals surface area (Å²) in [7, 11) is -1.80. The first-order valence-corrected chi connectivity index (χ1v) is 16.4. The van der Waals surface area contributed by atoms with Crippen LogP contribution in [0.5, 0.6) is 0 Å². The maximum Gasteiger partial charge on any atom is 0.235 e. The lowest BCUT2D eigenvalue weighted by molar-refractivity contribution is 0.0175. The van der Waals surface area contributed by atoms with E-state index in [4.69, 9.17) is 19.1 Å². The summed E-state index contributed by atoms with van der Waals surface area (Å²) in [6, 6.07) is 10.1. The van der Waals surface area contributed by atoms with Crippen LogP contribution in [-0.2, 0) is 15.6 Å². The summed E-state index contributed by atoms with van der Waals surface area (Å²) < 4.78 is 14.8. The second-order valence-corrected chi connectivity index (χ2v) is 16.3. The van der Waals surface area contributed by atoms with Crippen LogP contribution in [0.3, 0.4) is 0 Å². The lowest BCUT2D eigenvalue weighted by Gasteiger charge is -2.36. The number of aromatic nitrogens is 3. The standard InChI is InChI=1S/C27H36N4O2SSi/c1-18-16-21-19(17-28)10-8-12-22(21)31(18)26-29-24-20(25(30-26)34-5)11-9-13-23(24)32-14-15-33-35(6,7)27(2,3)4/h8,10,12,16,23H,9,11,13-15H2,1-7H3/t23-/m0/s1. The number of fused-ring (bicyclic) bond motifs is 2. The van der Waals surface area contributed by atoms with Gasteiger partial charge in [0.15, 0.2) is 8.32 Å². The molecule has 8 heteroatoms. The first kappa shape index (κ1) is 25.9. The molecule has 1 aromatic carbocycles. The van der Waals surface area contributed by atoms with E-state index in [1.54, 1.807) is 11.8 Å². The average Bonchev–Trinajstić information content (AvgIpc) is 3.16. The Morgan fingerprint density at radius 3 is 2.69 bits per heavy atom. The van der Waals surface area contributed by atoms with E-state index < -0.39 is 8.32 Å². The van der Waals surface area contributed by atoms with Gasteiger partial charge in [-0.15, -0.1) is 11.8 Å². The third kappa shape index (κ3) is 5.05. The molecule has 0 N–H and O–H groups in total. The molecule has 0 bridgehead atoms. The molecule has 186 valence electrons. The highest BCUT2D eigenvalue weighted by molar-refractivity contribution is 7.98. The number of thioether (sulfide) groups is 1. The number of nitriles is 1. The van der Waals surface area contributed by atoms with Crippen LogP contribution in [0, 0.1) is 18.3 Å². The van der Waals surface area contributed by atoms with E-state index in [1.807, 2.05) is 31.2 Å². The van der Waals surface area contributed by atoms with Crippen LogP contribution in [0.1, 0.15) is 62.2 Å². The van der Waals surface area contributed by atoms with Gasteiger partial charge in [0.05, 0.1) is 36.1 Å². The van der Waals surface area contributed by atoms with Gasteiger partial charge in [0.2, 0.25) is 5.95 Å². The molecule has 35 heavy (non-hydrogen) atoms. The van der Waals surface area contributed by atoms with Gasteiger partial charge >= 0.3 is 0 Å². The Morgan fingerprint density at radius 1 is 1.23 bits per heavy atom. The van der Waals surface area contributed by atoms with Crippen molar-refractivity contribution in [1.29, 1.82) is 5.26 Å². The highest BCUT2D eigenvalue weighted by Crippen LogP contribution is 2.38. The third-order valence-electron chi connectivity index (χ3n) is 7.40. The van der Waals surface area contributed by atoms with Gasteiger partial charge < -0.3 is 9.16 Å². The summed E-state index contributed by atoms with van der Waals surface area (Å²) in [5.41, 5.74) is 4.82. The second kappa shape index (κ2) is 10.1. The molecule has 0 amide bonds. The van der Waals surface area contributed by atoms with Crippen LogP contribution < -0.4 is 0 Å². The van der Waals surface area contributed by atoms with Crippen molar-refractivity contribution in [2.45, 2.75) is 76.2 Å². The van der Waals surface area contributed by atoms with Crippen LogP contribution in [0.2, 0.25) is 18.1 Å². The molecule has 3 aromatic rings. The van der Waals surface area contributed by atoms with Gasteiger partial charge in [-0.05, 0) is 68.8 Å². The molecule has 2 heterocycles. The predicted molar refractivity (Wildman–Crippen MR) is 145 cm³/mol. The van der Waals surface area contributed by atoms with Crippen molar-refractivity contribution in [3.8, 4) is 12.0 Å². The second-order valence-electron chi connectivity index (χ2n) is 10.7. The van der Waals surface area contributed by atoms with E-state index in [1.165, 1.54) is 5.56 Å². The van der Waals surface area contributed by atoms with Gasteiger partial charge in [-0.2, -0.15) is 5.26 Å². The van der Waals surface area contributed by atoms with Gasteiger partial charge in [-0.25, -0.2) is 9.97 Å². The zero-order valence-corrected chi connectivity index (χ0v) is 23.8. The van der Waals surface area contributed by atoms with E-state index in [2.05, 4.69) is 50.8 Å². The Hall–Kier alpha value is -2.18. The molecule has 4 rings (SSSR count). The van der Waals surface area contributed by atoms with E-state index in [0.29, 0.717) is 24.7 Å². The van der Waals surface area contributed by atoms with E-state index in [9.17, 15) is 5.26 Å². The fourth-order valence-electron chi connectivity index (χ4n) is 4.43. The fourth-order valence-corrected chi connectivity index (χ4v) is 6.08. The van der Waals surface area contributed by atoms with Crippen molar-refractivity contribution in [3.05, 3.63) is 46.8 Å². The summed E-state index contributed by atoms with van der Waals surface area (Å²) in [5.74, 6) is 0.642. The maximum atomic E-state index is 9.56. The SMILES string of the molecule is CSc1nc(-n2c(C)cc3c(C#N)cccc32)nc2c1CCC[C@@H]2OCCO[Si](C)(C)C(C)(C)C. The smallest absolute Gasteiger partial charge is 0.235 e. The van der Waals surface area contributed by atoms with Crippen LogP contribution >= 0.6 is 11.8 Å². The summed E-state index contributed by atoms with van der Waals surface area (Å²) in [5, 5.41) is 11.7. The number of aryl methyl sites for hydroxylation is 1. The fraction of sp³-hybridized carbons (Fsp3) is 0.519. The van der Waals surface area contributed by atoms with Gasteiger partial charge in [0.1, 0.15) is 11.1 Å². The minimum atomic E-state index is -1.80. The van der Waals surface area contributed by atoms with Gasteiger partial charge in [-0.3, -0.25) is 4.57 Å². The molecule has 0 saturated heterocycles. The van der Waals surface area contributed by atoms with Crippen molar-refractivity contribution in [3.63, 3.8) is 0 Å². The number of hydrogen-bond donors (Lipinski definition) is 0. The van der Waals surface area contributed by atoms with E-state index in [0.717, 1.165) is 46.6 Å². The molecule has 1 aliphatic carbocycles. The minimum absolute atomic E-state index is 0.0637. The van der Waals surface area contributed by atoms with Crippen molar-refractivity contribution >= 4 is 31.0 Å². The predicted octanol–water partition coefficient (Wildman–Crippen LogP) is 6.74. The highest BCUT2D eigenvalue weighted by atomic mass is 32.2. The molecule has 0 saturated carbocycles. The monoisotopic (exact) mass is 508 g/mol. The molecule has 6 nitrogen and oxygen atoms in total. The molecule has 0 radical (unpaired) electrons. The summed E-state index contributed by atoms with van der Waals surface area (Å²) in [4.78, 5) is 10.0. The van der Waals surface area contributed by atoms with Crippen molar-refractivity contribution in [1.82, 2.24) is 14.5 Å². The molecular weight excluding hydrogens is 472 g/mol. The largest absolute Gasteiger partial charge is 0.414 e. The first-order valence-electron chi connectivity index (χ1n) is 12.3. The summed E-state index contributed by atoms with van der Waals surface area (Å²) in [6.45, 7) is 14.5. The third-order valence-corrected chi connectivity index (χ3v) is 12.7. The number of hydrogen-bond acceptors (Lipinski definition) is 6. The van der Waals surface area contributed by atoms with E-state index >= 15 is 0 Å². The van der Waals surface area contributed by atoms with Crippen LogP contribution in [0.4, 0.5) is 0 Å². The maximum absolute atomic E-state index is 9.56. The number of rotatable bonds is 7. The van der Waals surface area contributed by atoms with Gasteiger partial charge in [0.25, 0.3) is 0 Å².